The van der Waals surface area contributed by atoms with E-state index in [1.54, 1.807) is 0 Å². The summed E-state index contributed by atoms with van der Waals surface area (Å²) in [6.07, 6.45) is 12.0. The van der Waals surface area contributed by atoms with Gasteiger partial charge in [-0.1, -0.05) is 6.42 Å². The van der Waals surface area contributed by atoms with Gasteiger partial charge >= 0.3 is 196 Å². The number of ketones is 1. The standard InChI is InChI=1S/C33H39INO4/c1-22(2)32(35-27-17-14-25(15-18-27)29(36)12-8-5-9-13-31(37)38)33-23(3)28-20-26(16-19-30(28)39-33)34-21-24-10-6-4-7-11-24/h6,10-11,14-20,22,32,35H,4-5,7-9,12-13,21H2,1-3H3,(H,37,38)/q-1. The molecule has 1 aliphatic carbocycles. The predicted molar refractivity (Wildman–Crippen MR) is 154 cm³/mol. The molecule has 0 saturated carbocycles. The van der Waals surface area contributed by atoms with E-state index in [0.717, 1.165) is 36.3 Å². The van der Waals surface area contributed by atoms with Crippen molar-refractivity contribution in [2.75, 3.05) is 9.74 Å². The molecule has 208 valence electrons. The quantitative estimate of drug-likeness (QED) is 0.108. The Morgan fingerprint density at radius 2 is 1.79 bits per heavy atom. The van der Waals surface area contributed by atoms with Gasteiger partial charge in [0, 0.05) is 12.8 Å². The molecule has 0 spiro atoms. The van der Waals surface area contributed by atoms with Gasteiger partial charge in [-0.3, -0.25) is 9.59 Å². The Balaban J connectivity index is 1.41. The number of alkyl halides is 1. The zero-order chi connectivity index (χ0) is 27.8. The number of anilines is 1. The Hall–Kier alpha value is -2.87. The first-order chi connectivity index (χ1) is 18.8. The maximum atomic E-state index is 12.6. The van der Waals surface area contributed by atoms with Crippen molar-refractivity contribution in [2.24, 2.45) is 5.92 Å². The summed E-state index contributed by atoms with van der Waals surface area (Å²) >= 11 is -0.0920. The molecule has 1 heterocycles. The molecular formula is C33H39INO4-. The average Bonchev–Trinajstić information content (AvgIpc) is 3.26. The number of carbonyl (C=O) groups excluding carboxylic acids is 1. The topological polar surface area (TPSA) is 79.5 Å². The second kappa shape index (κ2) is 14.0. The Labute approximate surface area is 242 Å². The zero-order valence-electron chi connectivity index (χ0n) is 23.1. The number of nitrogens with one attached hydrogen (secondary N) is 1. The third-order valence-electron chi connectivity index (χ3n) is 7.16. The number of aliphatic carboxylic acids is 1. The van der Waals surface area contributed by atoms with Crippen molar-refractivity contribution in [3.63, 3.8) is 0 Å². The van der Waals surface area contributed by atoms with Gasteiger partial charge in [-0.15, -0.1) is 0 Å². The number of carboxylic acid groups (broad SMARTS) is 1. The molecule has 0 amide bonds. The normalized spacial score (nSPS) is 14.1. The molecule has 0 saturated heterocycles. The van der Waals surface area contributed by atoms with Crippen LogP contribution in [-0.4, -0.2) is 21.3 Å². The van der Waals surface area contributed by atoms with Crippen LogP contribution in [0.25, 0.3) is 11.0 Å². The summed E-state index contributed by atoms with van der Waals surface area (Å²) in [6, 6.07) is 14.4. The van der Waals surface area contributed by atoms with Crippen LogP contribution in [0.4, 0.5) is 5.69 Å². The molecule has 1 aromatic heterocycles. The minimum atomic E-state index is -0.784. The molecule has 3 aromatic rings. The van der Waals surface area contributed by atoms with Crippen molar-refractivity contribution in [2.45, 2.75) is 71.8 Å². The van der Waals surface area contributed by atoms with Crippen LogP contribution < -0.4 is 26.5 Å². The van der Waals surface area contributed by atoms with E-state index in [4.69, 9.17) is 9.52 Å². The van der Waals surface area contributed by atoms with Gasteiger partial charge in [-0.05, 0) is 12.8 Å². The average molecular weight is 641 g/mol. The third kappa shape index (κ3) is 8.07. The van der Waals surface area contributed by atoms with Crippen LogP contribution >= 0.6 is 0 Å². The van der Waals surface area contributed by atoms with Crippen LogP contribution in [0.3, 0.4) is 0 Å². The second-order valence-corrected chi connectivity index (χ2v) is 13.3. The summed E-state index contributed by atoms with van der Waals surface area (Å²) in [5, 5.41) is 13.6. The summed E-state index contributed by atoms with van der Waals surface area (Å²) in [5.41, 5.74) is 5.24. The Bertz CT molecular complexity index is 1350. The number of aryl methyl sites for hydroxylation is 1. The number of benzene rings is 2. The van der Waals surface area contributed by atoms with E-state index >= 15 is 0 Å². The van der Waals surface area contributed by atoms with Gasteiger partial charge in [0.05, 0.1) is 0 Å². The van der Waals surface area contributed by atoms with Crippen LogP contribution in [0.15, 0.2) is 70.7 Å². The number of halogens is 1. The molecule has 0 bridgehead atoms. The number of unbranched alkanes of at least 4 members (excludes halogenated alkanes) is 2. The monoisotopic (exact) mass is 640 g/mol. The molecular weight excluding hydrogens is 601 g/mol. The van der Waals surface area contributed by atoms with Gasteiger partial charge < -0.3 is 5.11 Å². The Morgan fingerprint density at radius 1 is 1.03 bits per heavy atom. The summed E-state index contributed by atoms with van der Waals surface area (Å²) in [7, 11) is 0. The SMILES string of the molecule is Cc1c(C(Nc2ccc(C(=O)CCCCCC(=O)O)cc2)C(C)C)oc2ccc([I-]CC3=CCCC=C3)cc12. The Kier molecular flexibility index (Phi) is 10.4. The number of rotatable bonds is 14. The maximum absolute atomic E-state index is 12.6. The van der Waals surface area contributed by atoms with Crippen molar-refractivity contribution in [1.82, 2.24) is 0 Å². The third-order valence-corrected chi connectivity index (χ3v) is 9.97. The van der Waals surface area contributed by atoms with E-state index in [1.807, 2.05) is 24.3 Å². The molecule has 2 N–H and O–H groups in total. The van der Waals surface area contributed by atoms with Gasteiger partial charge in [0.2, 0.25) is 0 Å². The van der Waals surface area contributed by atoms with E-state index < -0.39 is 5.97 Å². The number of Topliss-reactive ketones (excluding diaryl/α,β-unsaturated/α-hetero) is 1. The number of carbonyl (C=O) groups is 2. The molecule has 0 aliphatic heterocycles. The molecule has 39 heavy (non-hydrogen) atoms. The van der Waals surface area contributed by atoms with Crippen molar-refractivity contribution in [3.8, 4) is 0 Å². The van der Waals surface area contributed by atoms with Crippen LogP contribution in [-0.2, 0) is 4.79 Å². The van der Waals surface area contributed by atoms with Gasteiger partial charge in [0.25, 0.3) is 0 Å². The molecule has 1 unspecified atom stereocenters. The van der Waals surface area contributed by atoms with Crippen LogP contribution in [0.5, 0.6) is 0 Å². The van der Waals surface area contributed by atoms with Gasteiger partial charge in [-0.2, -0.15) is 0 Å². The number of carboxylic acids is 1. The van der Waals surface area contributed by atoms with E-state index in [0.29, 0.717) is 30.7 Å². The van der Waals surface area contributed by atoms with Crippen LogP contribution in [0.2, 0.25) is 0 Å². The van der Waals surface area contributed by atoms with Gasteiger partial charge in [0.15, 0.2) is 0 Å². The second-order valence-electron chi connectivity index (χ2n) is 10.6. The van der Waals surface area contributed by atoms with Crippen LogP contribution in [0, 0.1) is 16.4 Å². The number of hydrogen-bond donors (Lipinski definition) is 2. The van der Waals surface area contributed by atoms with Crippen LogP contribution in [0.1, 0.15) is 86.5 Å². The molecule has 2 aromatic carbocycles. The fraction of sp³-hybridized carbons (Fsp3) is 0.394. The summed E-state index contributed by atoms with van der Waals surface area (Å²) < 4.78 is 9.03. The zero-order valence-corrected chi connectivity index (χ0v) is 25.3. The molecule has 1 aliphatic rings. The number of furan rings is 1. The number of allylic oxidation sites excluding steroid dienone is 4. The first-order valence-corrected chi connectivity index (χ1v) is 16.5. The van der Waals surface area contributed by atoms with E-state index in [9.17, 15) is 9.59 Å². The predicted octanol–water partition coefficient (Wildman–Crippen LogP) is 5.30. The molecule has 1 atom stereocenters. The van der Waals surface area contributed by atoms with Crippen molar-refractivity contribution >= 4 is 28.4 Å². The fourth-order valence-electron chi connectivity index (χ4n) is 4.86. The van der Waals surface area contributed by atoms with E-state index in [1.165, 1.54) is 24.5 Å². The minimum absolute atomic E-state index is 0.00358. The van der Waals surface area contributed by atoms with Gasteiger partial charge in [-0.25, -0.2) is 0 Å². The van der Waals surface area contributed by atoms with E-state index in [-0.39, 0.29) is 39.5 Å². The Morgan fingerprint density at radius 3 is 2.49 bits per heavy atom. The van der Waals surface area contributed by atoms with Gasteiger partial charge in [0.1, 0.15) is 0 Å². The molecule has 0 radical (unpaired) electrons. The molecule has 6 heteroatoms. The fourth-order valence-corrected chi connectivity index (χ4v) is 7.27. The van der Waals surface area contributed by atoms with E-state index in [2.05, 4.69) is 62.5 Å². The molecule has 5 nitrogen and oxygen atoms in total. The molecule has 0 fully saturated rings. The summed E-state index contributed by atoms with van der Waals surface area (Å²) in [5.74, 6) is 0.580. The molecule has 4 rings (SSSR count). The first kappa shape index (κ1) is 29.1. The first-order valence-electron chi connectivity index (χ1n) is 13.9. The number of fused-ring (bicyclic) bond motifs is 1. The van der Waals surface area contributed by atoms with Crippen molar-refractivity contribution < 1.29 is 40.3 Å². The number of hydrogen-bond acceptors (Lipinski definition) is 4. The summed E-state index contributed by atoms with van der Waals surface area (Å²) in [4.78, 5) is 23.2. The summed E-state index contributed by atoms with van der Waals surface area (Å²) in [6.45, 7) is 6.54. The van der Waals surface area contributed by atoms with Crippen molar-refractivity contribution in [3.05, 3.63) is 86.7 Å². The van der Waals surface area contributed by atoms with Crippen molar-refractivity contribution in [1.29, 1.82) is 0 Å².